The van der Waals surface area contributed by atoms with Crippen LogP contribution in [0.2, 0.25) is 0 Å². The summed E-state index contributed by atoms with van der Waals surface area (Å²) < 4.78 is 30.8. The maximum Gasteiger partial charge on any atom is 0.319 e. The van der Waals surface area contributed by atoms with Gasteiger partial charge in [-0.1, -0.05) is 12.1 Å². The zero-order chi connectivity index (χ0) is 20.1. The predicted molar refractivity (Wildman–Crippen MR) is 105 cm³/mol. The molecule has 0 aromatic heterocycles. The molecule has 0 radical (unpaired) electrons. The van der Waals surface area contributed by atoms with Crippen molar-refractivity contribution < 1.29 is 23.4 Å². The Hall–Kier alpha value is -2.80. The van der Waals surface area contributed by atoms with Gasteiger partial charge < -0.3 is 24.8 Å². The van der Waals surface area contributed by atoms with Crippen LogP contribution in [0.1, 0.15) is 20.3 Å². The van der Waals surface area contributed by atoms with Gasteiger partial charge >= 0.3 is 6.03 Å². The minimum Gasteiger partial charge on any atom is -0.493 e. The van der Waals surface area contributed by atoms with Gasteiger partial charge in [-0.3, -0.25) is 0 Å². The molecule has 1 fully saturated rings. The first-order chi connectivity index (χ1) is 13.4. The molecule has 1 atom stereocenters. The van der Waals surface area contributed by atoms with E-state index in [1.807, 2.05) is 13.8 Å². The van der Waals surface area contributed by atoms with Crippen molar-refractivity contribution in [3.05, 3.63) is 48.3 Å². The smallest absolute Gasteiger partial charge is 0.319 e. The zero-order valence-electron chi connectivity index (χ0n) is 16.3. The number of carbonyl (C=O) groups is 1. The summed E-state index contributed by atoms with van der Waals surface area (Å²) in [6, 6.07) is 10.9. The highest BCUT2D eigenvalue weighted by molar-refractivity contribution is 5.89. The lowest BCUT2D eigenvalue weighted by molar-refractivity contribution is 0.0121. The van der Waals surface area contributed by atoms with Crippen molar-refractivity contribution in [3.63, 3.8) is 0 Å². The lowest BCUT2D eigenvalue weighted by Gasteiger charge is -2.25. The largest absolute Gasteiger partial charge is 0.493 e. The van der Waals surface area contributed by atoms with Gasteiger partial charge in [-0.2, -0.15) is 0 Å². The van der Waals surface area contributed by atoms with E-state index in [9.17, 15) is 9.18 Å². The third-order valence-corrected chi connectivity index (χ3v) is 4.91. The van der Waals surface area contributed by atoms with E-state index >= 15 is 0 Å². The second kappa shape index (κ2) is 8.48. The first-order valence-corrected chi connectivity index (χ1v) is 9.18. The summed E-state index contributed by atoms with van der Waals surface area (Å²) in [4.78, 5) is 12.1. The van der Waals surface area contributed by atoms with E-state index in [-0.39, 0.29) is 23.3 Å². The first kappa shape index (κ1) is 19.9. The lowest BCUT2D eigenvalue weighted by atomic mass is 9.91. The number of hydrogen-bond donors (Lipinski definition) is 2. The number of hydrogen-bond acceptors (Lipinski definition) is 4. The van der Waals surface area contributed by atoms with Crippen LogP contribution < -0.4 is 20.1 Å². The van der Waals surface area contributed by atoms with Crippen molar-refractivity contribution in [2.75, 3.05) is 25.6 Å². The van der Waals surface area contributed by atoms with Gasteiger partial charge in [0.1, 0.15) is 0 Å². The molecule has 28 heavy (non-hydrogen) atoms. The molecule has 0 aliphatic carbocycles. The molecule has 2 aromatic rings. The average Bonchev–Trinajstić information content (AvgIpc) is 3.01. The maximum absolute atomic E-state index is 14.4. The number of methoxy groups -OCH3 is 1. The summed E-state index contributed by atoms with van der Waals surface area (Å²) >= 11 is 0. The fourth-order valence-corrected chi connectivity index (χ4v) is 3.15. The van der Waals surface area contributed by atoms with E-state index in [4.69, 9.17) is 14.2 Å². The van der Waals surface area contributed by atoms with Gasteiger partial charge in [-0.25, -0.2) is 9.18 Å². The molecule has 1 aliphatic rings. The summed E-state index contributed by atoms with van der Waals surface area (Å²) in [6.45, 7) is 5.22. The van der Waals surface area contributed by atoms with Crippen LogP contribution in [0.3, 0.4) is 0 Å². The number of rotatable bonds is 6. The van der Waals surface area contributed by atoms with E-state index in [0.29, 0.717) is 30.3 Å². The van der Waals surface area contributed by atoms with Crippen LogP contribution >= 0.6 is 0 Å². The molecular weight excluding hydrogens is 363 g/mol. The second-order valence-electron chi connectivity index (χ2n) is 7.17. The average molecular weight is 388 g/mol. The summed E-state index contributed by atoms with van der Waals surface area (Å²) in [6.07, 6.45) is 0.900. The third-order valence-electron chi connectivity index (χ3n) is 4.91. The van der Waals surface area contributed by atoms with Gasteiger partial charge in [0.15, 0.2) is 23.1 Å². The number of benzene rings is 2. The summed E-state index contributed by atoms with van der Waals surface area (Å²) in [7, 11) is 1.52. The Balaban J connectivity index is 1.58. The van der Waals surface area contributed by atoms with Gasteiger partial charge in [-0.15, -0.1) is 0 Å². The standard InChI is InChI=1S/C21H25FN2O4/c1-21(2)14(10-11-27-21)13-23-20(25)24-15-8-9-17(16(22)12-15)28-19-7-5-4-6-18(19)26-3/h4-9,12,14H,10-11,13H2,1-3H3,(H2,23,24,25). The molecule has 7 heteroatoms. The Morgan fingerprint density at radius 3 is 2.61 bits per heavy atom. The summed E-state index contributed by atoms with van der Waals surface area (Å²) in [5.74, 6) is 0.604. The van der Waals surface area contributed by atoms with Crippen molar-refractivity contribution in [2.24, 2.45) is 5.92 Å². The highest BCUT2D eigenvalue weighted by atomic mass is 19.1. The van der Waals surface area contributed by atoms with Crippen molar-refractivity contribution in [1.29, 1.82) is 0 Å². The Morgan fingerprint density at radius 2 is 1.96 bits per heavy atom. The molecule has 0 spiro atoms. The molecule has 1 saturated heterocycles. The van der Waals surface area contributed by atoms with E-state index in [1.54, 1.807) is 30.3 Å². The lowest BCUT2D eigenvalue weighted by Crippen LogP contribution is -2.39. The number of para-hydroxylation sites is 2. The number of ether oxygens (including phenoxy) is 3. The first-order valence-electron chi connectivity index (χ1n) is 9.18. The number of anilines is 1. The number of amides is 2. The number of urea groups is 1. The van der Waals surface area contributed by atoms with E-state index in [0.717, 1.165) is 6.42 Å². The van der Waals surface area contributed by atoms with Gasteiger partial charge in [0.05, 0.1) is 12.7 Å². The summed E-state index contributed by atoms with van der Waals surface area (Å²) in [5, 5.41) is 5.45. The highest BCUT2D eigenvalue weighted by Crippen LogP contribution is 2.33. The zero-order valence-corrected chi connectivity index (χ0v) is 16.3. The van der Waals surface area contributed by atoms with Gasteiger partial charge in [0.25, 0.3) is 0 Å². The molecule has 150 valence electrons. The van der Waals surface area contributed by atoms with E-state index in [1.165, 1.54) is 19.2 Å². The van der Waals surface area contributed by atoms with Crippen LogP contribution in [0.5, 0.6) is 17.2 Å². The van der Waals surface area contributed by atoms with Crippen LogP contribution in [0, 0.1) is 11.7 Å². The predicted octanol–water partition coefficient (Wildman–Crippen LogP) is 4.56. The monoisotopic (exact) mass is 388 g/mol. The van der Waals surface area contributed by atoms with E-state index in [2.05, 4.69) is 10.6 Å². The maximum atomic E-state index is 14.4. The molecule has 1 aliphatic heterocycles. The molecule has 1 heterocycles. The Kier molecular flexibility index (Phi) is 6.04. The van der Waals surface area contributed by atoms with E-state index < -0.39 is 5.82 Å². The topological polar surface area (TPSA) is 68.8 Å². The van der Waals surface area contributed by atoms with Crippen LogP contribution in [0.4, 0.5) is 14.9 Å². The van der Waals surface area contributed by atoms with Crippen molar-refractivity contribution in [3.8, 4) is 17.2 Å². The molecule has 2 amide bonds. The van der Waals surface area contributed by atoms with Gasteiger partial charge in [-0.05, 0) is 44.5 Å². The van der Waals surface area contributed by atoms with Crippen molar-refractivity contribution in [2.45, 2.75) is 25.9 Å². The molecule has 3 rings (SSSR count). The van der Waals surface area contributed by atoms with Crippen molar-refractivity contribution in [1.82, 2.24) is 5.32 Å². The van der Waals surface area contributed by atoms with Crippen LogP contribution in [0.25, 0.3) is 0 Å². The third kappa shape index (κ3) is 4.72. The van der Waals surface area contributed by atoms with Crippen LogP contribution in [-0.4, -0.2) is 31.9 Å². The molecule has 2 N–H and O–H groups in total. The van der Waals surface area contributed by atoms with Gasteiger partial charge in [0.2, 0.25) is 0 Å². The molecule has 0 bridgehead atoms. The van der Waals surface area contributed by atoms with Gasteiger partial charge in [0, 0.05) is 30.8 Å². The Morgan fingerprint density at radius 1 is 1.21 bits per heavy atom. The summed E-state index contributed by atoms with van der Waals surface area (Å²) in [5.41, 5.74) is 0.0842. The fourth-order valence-electron chi connectivity index (χ4n) is 3.15. The fraction of sp³-hybridized carbons (Fsp3) is 0.381. The molecule has 2 aromatic carbocycles. The quantitative estimate of drug-likeness (QED) is 0.761. The molecular formula is C21H25FN2O4. The minimum atomic E-state index is -0.589. The van der Waals surface area contributed by atoms with Crippen molar-refractivity contribution >= 4 is 11.7 Å². The molecule has 1 unspecified atom stereocenters. The highest BCUT2D eigenvalue weighted by Gasteiger charge is 2.35. The SMILES string of the molecule is COc1ccccc1Oc1ccc(NC(=O)NCC2CCOC2(C)C)cc1F. The van der Waals surface area contributed by atoms with Crippen LogP contribution in [-0.2, 0) is 4.74 Å². The molecule has 6 nitrogen and oxygen atoms in total. The Bertz CT molecular complexity index is 841. The Labute approximate surface area is 164 Å². The van der Waals surface area contributed by atoms with Crippen LogP contribution in [0.15, 0.2) is 42.5 Å². The normalized spacial score (nSPS) is 17.8. The molecule has 0 saturated carbocycles. The number of halogens is 1. The number of nitrogens with one attached hydrogen (secondary N) is 2. The second-order valence-corrected chi connectivity index (χ2v) is 7.17. The number of carbonyl (C=O) groups excluding carboxylic acids is 1. The minimum absolute atomic E-state index is 0.0420.